The summed E-state index contributed by atoms with van der Waals surface area (Å²) >= 11 is 0. The first-order valence-corrected chi connectivity index (χ1v) is 5.03. The van der Waals surface area contributed by atoms with Crippen LogP contribution in [0.5, 0.6) is 0 Å². The van der Waals surface area contributed by atoms with Crippen molar-refractivity contribution in [3.63, 3.8) is 0 Å². The molecule has 68 valence electrons. The second-order valence-corrected chi connectivity index (χ2v) is 4.31. The molecule has 2 heteroatoms. The minimum absolute atomic E-state index is 0.624. The third-order valence-corrected chi connectivity index (χ3v) is 3.71. The van der Waals surface area contributed by atoms with Crippen LogP contribution >= 0.6 is 0 Å². The van der Waals surface area contributed by atoms with E-state index >= 15 is 0 Å². The monoisotopic (exact) mass is 167 g/mol. The van der Waals surface area contributed by atoms with Gasteiger partial charge in [-0.15, -0.1) is 0 Å². The smallest absolute Gasteiger partial charge is 0.0604 e. The van der Waals surface area contributed by atoms with Crippen LogP contribution in [0.4, 0.5) is 0 Å². The Bertz CT molecular complexity index is 200. The highest BCUT2D eigenvalue weighted by Gasteiger charge is 2.38. The molecule has 0 aromatic heterocycles. The number of fused-ring (bicyclic) bond motifs is 1. The van der Waals surface area contributed by atoms with E-state index in [1.165, 1.54) is 25.7 Å². The number of rotatable bonds is 0. The molecule has 1 N–H and O–H groups in total. The lowest BCUT2D eigenvalue weighted by Crippen LogP contribution is -2.25. The Hall–Kier alpha value is -0.530. The molecule has 2 rings (SSSR count). The molecule has 0 aromatic rings. The standard InChI is InChI=1S/C10H17NO/c1-7-3-2-4-9-8(7)5-6-10(9)11-12/h7-9,12H,2-6H2,1H3/b11-10+/t7-,8+,9-/m0/s1. The summed E-state index contributed by atoms with van der Waals surface area (Å²) in [4.78, 5) is 0. The van der Waals surface area contributed by atoms with Crippen molar-refractivity contribution in [1.29, 1.82) is 0 Å². The molecule has 2 nitrogen and oxygen atoms in total. The molecular weight excluding hydrogens is 150 g/mol. The number of nitrogens with zero attached hydrogens (tertiary/aromatic N) is 1. The Labute approximate surface area is 73.7 Å². The maximum atomic E-state index is 8.78. The third kappa shape index (κ3) is 1.13. The van der Waals surface area contributed by atoms with Crippen molar-refractivity contribution in [3.05, 3.63) is 0 Å². The molecule has 2 saturated carbocycles. The van der Waals surface area contributed by atoms with Crippen LogP contribution in [0.2, 0.25) is 0 Å². The zero-order chi connectivity index (χ0) is 8.55. The van der Waals surface area contributed by atoms with Gasteiger partial charge < -0.3 is 5.21 Å². The van der Waals surface area contributed by atoms with Crippen molar-refractivity contribution in [2.24, 2.45) is 22.9 Å². The zero-order valence-corrected chi connectivity index (χ0v) is 7.66. The van der Waals surface area contributed by atoms with E-state index in [1.807, 2.05) is 0 Å². The van der Waals surface area contributed by atoms with Gasteiger partial charge in [0.05, 0.1) is 5.71 Å². The SMILES string of the molecule is C[C@H]1CCC[C@@H]2/C(=N/O)CC[C@@H]21. The predicted molar refractivity (Wildman–Crippen MR) is 48.5 cm³/mol. The average molecular weight is 167 g/mol. The summed E-state index contributed by atoms with van der Waals surface area (Å²) in [7, 11) is 0. The first kappa shape index (κ1) is 8.09. The highest BCUT2D eigenvalue weighted by Crippen LogP contribution is 2.43. The van der Waals surface area contributed by atoms with Gasteiger partial charge in [0.1, 0.15) is 0 Å². The molecule has 12 heavy (non-hydrogen) atoms. The number of hydrogen-bond donors (Lipinski definition) is 1. The fourth-order valence-electron chi connectivity index (χ4n) is 3.01. The molecule has 0 aromatic carbocycles. The Balaban J connectivity index is 2.14. The summed E-state index contributed by atoms with van der Waals surface area (Å²) in [5, 5.41) is 12.2. The van der Waals surface area contributed by atoms with Gasteiger partial charge in [0.15, 0.2) is 0 Å². The quantitative estimate of drug-likeness (QED) is 0.436. The van der Waals surface area contributed by atoms with Crippen molar-refractivity contribution in [3.8, 4) is 0 Å². The van der Waals surface area contributed by atoms with Gasteiger partial charge in [0.25, 0.3) is 0 Å². The highest BCUT2D eigenvalue weighted by atomic mass is 16.4. The Morgan fingerprint density at radius 1 is 1.33 bits per heavy atom. The summed E-state index contributed by atoms with van der Waals surface area (Å²) < 4.78 is 0. The minimum Gasteiger partial charge on any atom is -0.411 e. The first-order valence-electron chi connectivity index (χ1n) is 5.03. The van der Waals surface area contributed by atoms with Crippen molar-refractivity contribution >= 4 is 5.71 Å². The first-order chi connectivity index (χ1) is 5.83. The zero-order valence-electron chi connectivity index (χ0n) is 7.66. The lowest BCUT2D eigenvalue weighted by atomic mass is 9.74. The lowest BCUT2D eigenvalue weighted by molar-refractivity contribution is 0.221. The van der Waals surface area contributed by atoms with Crippen molar-refractivity contribution in [2.75, 3.05) is 0 Å². The molecule has 0 aliphatic heterocycles. The van der Waals surface area contributed by atoms with Crippen LogP contribution in [0, 0.1) is 17.8 Å². The second-order valence-electron chi connectivity index (χ2n) is 4.31. The maximum absolute atomic E-state index is 8.78. The summed E-state index contributed by atoms with van der Waals surface area (Å²) in [6, 6.07) is 0. The second kappa shape index (κ2) is 3.08. The molecule has 0 radical (unpaired) electrons. The van der Waals surface area contributed by atoms with Crippen molar-refractivity contribution in [1.82, 2.24) is 0 Å². The van der Waals surface area contributed by atoms with Crippen molar-refractivity contribution < 1.29 is 5.21 Å². The largest absolute Gasteiger partial charge is 0.411 e. The van der Waals surface area contributed by atoms with Gasteiger partial charge in [-0.1, -0.05) is 24.9 Å². The maximum Gasteiger partial charge on any atom is 0.0604 e. The van der Waals surface area contributed by atoms with Gasteiger partial charge in [-0.25, -0.2) is 0 Å². The van der Waals surface area contributed by atoms with Crippen LogP contribution in [0.25, 0.3) is 0 Å². The molecular formula is C10H17NO. The van der Waals surface area contributed by atoms with Crippen LogP contribution in [-0.2, 0) is 0 Å². The van der Waals surface area contributed by atoms with Crippen LogP contribution in [0.3, 0.4) is 0 Å². The van der Waals surface area contributed by atoms with Crippen molar-refractivity contribution in [2.45, 2.75) is 39.0 Å². The molecule has 0 bridgehead atoms. The minimum atomic E-state index is 0.624. The van der Waals surface area contributed by atoms with Crippen LogP contribution < -0.4 is 0 Å². The summed E-state index contributed by atoms with van der Waals surface area (Å²) in [5.41, 5.74) is 1.08. The van der Waals surface area contributed by atoms with Gasteiger partial charge >= 0.3 is 0 Å². The normalized spacial score (nSPS) is 44.8. The van der Waals surface area contributed by atoms with E-state index in [1.54, 1.807) is 0 Å². The fourth-order valence-corrected chi connectivity index (χ4v) is 3.01. The van der Waals surface area contributed by atoms with E-state index in [0.29, 0.717) is 5.92 Å². The Morgan fingerprint density at radius 3 is 2.92 bits per heavy atom. The summed E-state index contributed by atoms with van der Waals surface area (Å²) in [6.07, 6.45) is 6.25. The van der Waals surface area contributed by atoms with Crippen LogP contribution in [-0.4, -0.2) is 10.9 Å². The lowest BCUT2D eigenvalue weighted by Gasteiger charge is -2.30. The predicted octanol–water partition coefficient (Wildman–Crippen LogP) is 2.66. The van der Waals surface area contributed by atoms with E-state index in [4.69, 9.17) is 5.21 Å². The molecule has 0 unspecified atom stereocenters. The van der Waals surface area contributed by atoms with Crippen LogP contribution in [0.1, 0.15) is 39.0 Å². The molecule has 0 amide bonds. The Morgan fingerprint density at radius 2 is 2.17 bits per heavy atom. The van der Waals surface area contributed by atoms with E-state index in [9.17, 15) is 0 Å². The van der Waals surface area contributed by atoms with Gasteiger partial charge in [0.2, 0.25) is 0 Å². The van der Waals surface area contributed by atoms with Crippen LogP contribution in [0.15, 0.2) is 5.16 Å². The number of hydrogen-bond acceptors (Lipinski definition) is 2. The molecule has 2 fully saturated rings. The molecule has 3 atom stereocenters. The third-order valence-electron chi connectivity index (χ3n) is 3.71. The van der Waals surface area contributed by atoms with E-state index < -0.39 is 0 Å². The van der Waals surface area contributed by atoms with Gasteiger partial charge in [-0.2, -0.15) is 0 Å². The molecule has 0 spiro atoms. The highest BCUT2D eigenvalue weighted by molar-refractivity contribution is 5.88. The molecule has 2 aliphatic rings. The molecule has 0 heterocycles. The van der Waals surface area contributed by atoms with E-state index in [0.717, 1.165) is 24.0 Å². The van der Waals surface area contributed by atoms with E-state index in [2.05, 4.69) is 12.1 Å². The Kier molecular flexibility index (Phi) is 2.07. The summed E-state index contributed by atoms with van der Waals surface area (Å²) in [5.74, 6) is 2.30. The van der Waals surface area contributed by atoms with Gasteiger partial charge in [-0.3, -0.25) is 0 Å². The number of oxime groups is 1. The topological polar surface area (TPSA) is 32.6 Å². The average Bonchev–Trinajstić information content (AvgIpc) is 2.49. The fraction of sp³-hybridized carbons (Fsp3) is 0.900. The van der Waals surface area contributed by atoms with Gasteiger partial charge in [-0.05, 0) is 31.1 Å². The molecule has 0 saturated heterocycles. The van der Waals surface area contributed by atoms with E-state index in [-0.39, 0.29) is 0 Å². The van der Waals surface area contributed by atoms with Gasteiger partial charge in [0, 0.05) is 5.92 Å². The summed E-state index contributed by atoms with van der Waals surface area (Å²) in [6.45, 7) is 2.34. The molecule has 2 aliphatic carbocycles.